The summed E-state index contributed by atoms with van der Waals surface area (Å²) in [6.45, 7) is 2.06. The fraction of sp³-hybridized carbons (Fsp3) is 0.300. The van der Waals surface area contributed by atoms with Gasteiger partial charge in [0, 0.05) is 6.07 Å². The molecule has 0 bridgehead atoms. The van der Waals surface area contributed by atoms with Gasteiger partial charge in [0.2, 0.25) is 15.9 Å². The van der Waals surface area contributed by atoms with Crippen LogP contribution in [0.5, 0.6) is 11.5 Å². The van der Waals surface area contributed by atoms with Crippen molar-refractivity contribution >= 4 is 38.9 Å². The van der Waals surface area contributed by atoms with Crippen LogP contribution in [0, 0.1) is 0 Å². The van der Waals surface area contributed by atoms with Crippen molar-refractivity contribution in [1.29, 1.82) is 0 Å². The van der Waals surface area contributed by atoms with Crippen molar-refractivity contribution in [3.8, 4) is 11.5 Å². The monoisotopic (exact) mass is 431 g/mol. The molecule has 0 saturated carbocycles. The number of rotatable bonds is 4. The molecule has 1 N–H and O–H groups in total. The molecule has 30 heavy (non-hydrogen) atoms. The molecule has 0 radical (unpaired) electrons. The van der Waals surface area contributed by atoms with Gasteiger partial charge in [0.25, 0.3) is 5.91 Å². The maximum atomic E-state index is 13.3. The van der Waals surface area contributed by atoms with Gasteiger partial charge < -0.3 is 14.8 Å². The predicted octanol–water partition coefficient (Wildman–Crippen LogP) is 1.60. The van der Waals surface area contributed by atoms with Gasteiger partial charge in [-0.25, -0.2) is 8.42 Å². The number of sulfonamides is 1. The second kappa shape index (κ2) is 7.52. The highest BCUT2D eigenvalue weighted by Crippen LogP contribution is 2.36. The Morgan fingerprint density at radius 3 is 2.57 bits per heavy atom. The maximum absolute atomic E-state index is 13.3. The number of carbonyl (C=O) groups excluding carboxylic acids is 2. The molecule has 0 unspecified atom stereocenters. The summed E-state index contributed by atoms with van der Waals surface area (Å²) in [7, 11) is -3.83. The largest absolute Gasteiger partial charge is 0.486 e. The van der Waals surface area contributed by atoms with E-state index >= 15 is 0 Å². The summed E-state index contributed by atoms with van der Waals surface area (Å²) in [5.41, 5.74) is 1.29. The minimum Gasteiger partial charge on any atom is -0.486 e. The lowest BCUT2D eigenvalue weighted by Gasteiger charge is -2.35. The van der Waals surface area contributed by atoms with Gasteiger partial charge in [0.15, 0.2) is 11.5 Å². The van der Waals surface area contributed by atoms with Crippen LogP contribution in [0.4, 0.5) is 17.1 Å². The number of nitrogens with zero attached hydrogens (tertiary/aromatic N) is 2. The van der Waals surface area contributed by atoms with Gasteiger partial charge in [-0.05, 0) is 31.2 Å². The lowest BCUT2D eigenvalue weighted by molar-refractivity contribution is -0.122. The van der Waals surface area contributed by atoms with Crippen molar-refractivity contribution in [2.75, 3.05) is 40.5 Å². The summed E-state index contributed by atoms with van der Waals surface area (Å²) in [4.78, 5) is 26.7. The van der Waals surface area contributed by atoms with E-state index in [0.29, 0.717) is 36.1 Å². The van der Waals surface area contributed by atoms with Gasteiger partial charge in [-0.2, -0.15) is 0 Å². The number of nitrogens with one attached hydrogen (secondary N) is 1. The molecule has 4 rings (SSSR count). The SMILES string of the molecule is C[C@H](C(=O)N1CC(=O)Nc2ccccc21)N(c1ccc2c(c1)OCCO2)S(C)(=O)=O. The first kappa shape index (κ1) is 20.0. The Bertz CT molecular complexity index is 1120. The van der Waals surface area contributed by atoms with E-state index in [-0.39, 0.29) is 18.1 Å². The van der Waals surface area contributed by atoms with Gasteiger partial charge in [0.1, 0.15) is 25.8 Å². The molecule has 0 aliphatic carbocycles. The zero-order valence-electron chi connectivity index (χ0n) is 16.5. The summed E-state index contributed by atoms with van der Waals surface area (Å²) in [6, 6.07) is 10.5. The van der Waals surface area contributed by atoms with Crippen molar-refractivity contribution in [3.05, 3.63) is 42.5 Å². The molecule has 9 nitrogen and oxygen atoms in total. The summed E-state index contributed by atoms with van der Waals surface area (Å²) in [6.07, 6.45) is 1.03. The van der Waals surface area contributed by atoms with Gasteiger partial charge in [-0.15, -0.1) is 0 Å². The first-order valence-electron chi connectivity index (χ1n) is 9.35. The summed E-state index contributed by atoms with van der Waals surface area (Å²) in [5, 5.41) is 2.71. The van der Waals surface area contributed by atoms with Crippen LogP contribution in [-0.4, -0.2) is 52.3 Å². The molecule has 0 aromatic heterocycles. The summed E-state index contributed by atoms with van der Waals surface area (Å²) >= 11 is 0. The lowest BCUT2D eigenvalue weighted by Crippen LogP contribution is -2.52. The molecule has 2 aliphatic rings. The quantitative estimate of drug-likeness (QED) is 0.788. The van der Waals surface area contributed by atoms with Crippen molar-refractivity contribution < 1.29 is 27.5 Å². The number of carbonyl (C=O) groups is 2. The molecule has 2 aromatic carbocycles. The average molecular weight is 431 g/mol. The van der Waals surface area contributed by atoms with Crippen LogP contribution >= 0.6 is 0 Å². The minimum atomic E-state index is -3.83. The Labute approximate surface area is 174 Å². The number of para-hydroxylation sites is 2. The highest BCUT2D eigenvalue weighted by molar-refractivity contribution is 7.92. The first-order valence-corrected chi connectivity index (χ1v) is 11.2. The van der Waals surface area contributed by atoms with Crippen LogP contribution < -0.4 is 24.0 Å². The van der Waals surface area contributed by atoms with Crippen molar-refractivity contribution in [1.82, 2.24) is 0 Å². The van der Waals surface area contributed by atoms with Crippen LogP contribution in [0.15, 0.2) is 42.5 Å². The Morgan fingerprint density at radius 2 is 1.83 bits per heavy atom. The third-order valence-corrected chi connectivity index (χ3v) is 6.13. The fourth-order valence-corrected chi connectivity index (χ4v) is 4.79. The van der Waals surface area contributed by atoms with E-state index in [9.17, 15) is 18.0 Å². The number of ether oxygens (including phenoxy) is 2. The van der Waals surface area contributed by atoms with Crippen LogP contribution in [-0.2, 0) is 19.6 Å². The predicted molar refractivity (Wildman–Crippen MR) is 112 cm³/mol. The van der Waals surface area contributed by atoms with Crippen molar-refractivity contribution in [2.45, 2.75) is 13.0 Å². The molecule has 0 fully saturated rings. The normalized spacial score (nSPS) is 16.3. The van der Waals surface area contributed by atoms with E-state index in [4.69, 9.17) is 9.47 Å². The molecule has 2 aromatic rings. The maximum Gasteiger partial charge on any atom is 0.251 e. The van der Waals surface area contributed by atoms with Crippen molar-refractivity contribution in [2.24, 2.45) is 0 Å². The third-order valence-electron chi connectivity index (χ3n) is 4.88. The van der Waals surface area contributed by atoms with E-state index in [1.807, 2.05) is 0 Å². The molecule has 158 valence electrons. The molecular formula is C20H21N3O6S. The topological polar surface area (TPSA) is 105 Å². The Morgan fingerprint density at radius 1 is 1.13 bits per heavy atom. The number of amides is 2. The number of hydrogen-bond donors (Lipinski definition) is 1. The Balaban J connectivity index is 1.71. The number of benzene rings is 2. The lowest BCUT2D eigenvalue weighted by atomic mass is 10.1. The molecule has 2 amide bonds. The van der Waals surface area contributed by atoms with E-state index in [1.54, 1.807) is 36.4 Å². The van der Waals surface area contributed by atoms with Crippen LogP contribution in [0.25, 0.3) is 0 Å². The summed E-state index contributed by atoms with van der Waals surface area (Å²) < 4.78 is 37.3. The molecule has 0 saturated heterocycles. The van der Waals surface area contributed by atoms with Gasteiger partial charge >= 0.3 is 0 Å². The zero-order chi connectivity index (χ0) is 21.5. The first-order chi connectivity index (χ1) is 14.3. The van der Waals surface area contributed by atoms with Gasteiger partial charge in [0.05, 0.1) is 23.3 Å². The number of fused-ring (bicyclic) bond motifs is 2. The summed E-state index contributed by atoms with van der Waals surface area (Å²) in [5.74, 6) is 0.0610. The Hall–Kier alpha value is -3.27. The van der Waals surface area contributed by atoms with Crippen molar-refractivity contribution in [3.63, 3.8) is 0 Å². The third kappa shape index (κ3) is 3.65. The average Bonchev–Trinajstić information content (AvgIpc) is 2.71. The van der Waals surface area contributed by atoms with Gasteiger partial charge in [-0.1, -0.05) is 12.1 Å². The Kier molecular flexibility index (Phi) is 5.02. The molecule has 2 heterocycles. The van der Waals surface area contributed by atoms with E-state index in [1.165, 1.54) is 17.9 Å². The molecule has 1 atom stereocenters. The fourth-order valence-electron chi connectivity index (χ4n) is 3.63. The smallest absolute Gasteiger partial charge is 0.251 e. The minimum absolute atomic E-state index is 0.196. The van der Waals surface area contributed by atoms with E-state index in [2.05, 4.69) is 5.32 Å². The number of anilines is 3. The number of hydrogen-bond acceptors (Lipinski definition) is 6. The van der Waals surface area contributed by atoms with Crippen LogP contribution in [0.1, 0.15) is 6.92 Å². The zero-order valence-corrected chi connectivity index (χ0v) is 17.3. The second-order valence-corrected chi connectivity index (χ2v) is 8.91. The van der Waals surface area contributed by atoms with E-state index in [0.717, 1.165) is 10.6 Å². The molecule has 0 spiro atoms. The van der Waals surface area contributed by atoms with Gasteiger partial charge in [-0.3, -0.25) is 18.8 Å². The highest BCUT2D eigenvalue weighted by atomic mass is 32.2. The van der Waals surface area contributed by atoms with Crippen LogP contribution in [0.3, 0.4) is 0 Å². The highest BCUT2D eigenvalue weighted by Gasteiger charge is 2.36. The molecular weight excluding hydrogens is 410 g/mol. The molecule has 2 aliphatic heterocycles. The molecule has 10 heteroatoms. The van der Waals surface area contributed by atoms with Crippen LogP contribution in [0.2, 0.25) is 0 Å². The van der Waals surface area contributed by atoms with E-state index < -0.39 is 22.0 Å². The second-order valence-electron chi connectivity index (χ2n) is 7.05. The standard InChI is InChI=1S/C20H21N3O6S/c1-13(20(25)22-12-19(24)21-15-5-3-4-6-16(15)22)23(30(2,26)27)14-7-8-17-18(11-14)29-10-9-28-17/h3-8,11,13H,9-10,12H2,1-2H3,(H,21,24)/t13-/m1/s1.